The lowest BCUT2D eigenvalue weighted by molar-refractivity contribution is -0.0642. The summed E-state index contributed by atoms with van der Waals surface area (Å²) in [5.74, 6) is 0.460. The molecule has 27 heavy (non-hydrogen) atoms. The van der Waals surface area contributed by atoms with Crippen LogP contribution in [0.2, 0.25) is 0 Å². The van der Waals surface area contributed by atoms with Crippen LogP contribution in [-0.4, -0.2) is 36.8 Å². The van der Waals surface area contributed by atoms with E-state index >= 15 is 0 Å². The van der Waals surface area contributed by atoms with Crippen LogP contribution in [0.4, 0.5) is 4.79 Å². The number of hydrogen-bond acceptors (Lipinski definition) is 4. The molecule has 2 aromatic carbocycles. The Hall–Kier alpha value is -1.37. The Morgan fingerprint density at radius 3 is 1.89 bits per heavy atom. The lowest BCUT2D eigenvalue weighted by Gasteiger charge is -2.43. The molecular weight excluding hydrogens is 474 g/mol. The summed E-state index contributed by atoms with van der Waals surface area (Å²) < 4.78 is 13.5. The lowest BCUT2D eigenvalue weighted by Crippen LogP contribution is -2.52. The Morgan fingerprint density at radius 1 is 0.926 bits per heavy atom. The van der Waals surface area contributed by atoms with Gasteiger partial charge in [-0.3, -0.25) is 4.90 Å². The molecule has 0 radical (unpaired) electrons. The zero-order chi connectivity index (χ0) is 18.8. The second-order valence-electron chi connectivity index (χ2n) is 7.15. The minimum atomic E-state index is -0.593. The number of carbonyl (C=O) groups excluding carboxylic acids is 1. The van der Waals surface area contributed by atoms with E-state index in [1.807, 2.05) is 48.5 Å². The van der Waals surface area contributed by atoms with Crippen LogP contribution in [0.25, 0.3) is 0 Å². The van der Waals surface area contributed by atoms with Crippen molar-refractivity contribution in [1.29, 1.82) is 0 Å². The number of piperidine rings is 3. The molecule has 4 nitrogen and oxygen atoms in total. The van der Waals surface area contributed by atoms with Crippen LogP contribution in [-0.2, 0) is 9.47 Å². The quantitative estimate of drug-likeness (QED) is 0.522. The standard InChI is InChI=1S/C21H21Br2NO3/c22-17-5-1-15(2-6-17)20(16-3-7-18(23)8-4-16)27-21(25)26-19-13-24-11-9-14(19)10-12-24/h1-8,14,19-20H,9-13H2/t19-/m0/s1. The van der Waals surface area contributed by atoms with Gasteiger partial charge >= 0.3 is 6.16 Å². The second kappa shape index (κ2) is 8.33. The van der Waals surface area contributed by atoms with Crippen LogP contribution in [0.3, 0.4) is 0 Å². The number of carbonyl (C=O) groups is 1. The van der Waals surface area contributed by atoms with Crippen LogP contribution < -0.4 is 0 Å². The third-order valence-corrected chi connectivity index (χ3v) is 6.46. The molecule has 5 rings (SSSR count). The van der Waals surface area contributed by atoms with Crippen molar-refractivity contribution in [2.75, 3.05) is 19.6 Å². The van der Waals surface area contributed by atoms with Gasteiger partial charge in [-0.05, 0) is 67.2 Å². The molecule has 0 unspecified atom stereocenters. The first kappa shape index (κ1) is 19.0. The maximum Gasteiger partial charge on any atom is 0.509 e. The summed E-state index contributed by atoms with van der Waals surface area (Å²) in [5.41, 5.74) is 1.82. The molecule has 3 heterocycles. The average molecular weight is 495 g/mol. The molecule has 0 N–H and O–H groups in total. The van der Waals surface area contributed by atoms with Gasteiger partial charge in [0.2, 0.25) is 0 Å². The van der Waals surface area contributed by atoms with Gasteiger partial charge in [0, 0.05) is 15.5 Å². The fourth-order valence-corrected chi connectivity index (χ4v) is 4.42. The van der Waals surface area contributed by atoms with Gasteiger partial charge in [0.1, 0.15) is 6.10 Å². The van der Waals surface area contributed by atoms with E-state index in [0.29, 0.717) is 5.92 Å². The Kier molecular flexibility index (Phi) is 5.85. The zero-order valence-electron chi connectivity index (χ0n) is 14.8. The third kappa shape index (κ3) is 4.55. The van der Waals surface area contributed by atoms with Crippen molar-refractivity contribution in [1.82, 2.24) is 4.90 Å². The van der Waals surface area contributed by atoms with Crippen molar-refractivity contribution in [3.8, 4) is 0 Å². The molecular formula is C21H21Br2NO3. The van der Waals surface area contributed by atoms with E-state index in [4.69, 9.17) is 9.47 Å². The number of fused-ring (bicyclic) bond motifs is 3. The summed E-state index contributed by atoms with van der Waals surface area (Å²) in [6.45, 7) is 3.04. The first-order valence-corrected chi connectivity index (χ1v) is 10.8. The van der Waals surface area contributed by atoms with Gasteiger partial charge in [0.25, 0.3) is 0 Å². The molecule has 6 heteroatoms. The highest BCUT2D eigenvalue weighted by molar-refractivity contribution is 9.10. The first-order chi connectivity index (χ1) is 13.1. The van der Waals surface area contributed by atoms with E-state index in [-0.39, 0.29) is 6.10 Å². The van der Waals surface area contributed by atoms with Crippen molar-refractivity contribution in [2.24, 2.45) is 5.92 Å². The molecule has 0 aromatic heterocycles. The zero-order valence-corrected chi connectivity index (χ0v) is 18.0. The molecule has 3 aliphatic rings. The maximum absolute atomic E-state index is 12.6. The van der Waals surface area contributed by atoms with E-state index in [1.165, 1.54) is 0 Å². The van der Waals surface area contributed by atoms with Gasteiger partial charge in [0.05, 0.1) is 0 Å². The van der Waals surface area contributed by atoms with Gasteiger partial charge < -0.3 is 9.47 Å². The summed E-state index contributed by atoms with van der Waals surface area (Å²) in [5, 5.41) is 0. The molecule has 0 amide bonds. The second-order valence-corrected chi connectivity index (χ2v) is 8.98. The van der Waals surface area contributed by atoms with E-state index in [1.54, 1.807) is 0 Å². The van der Waals surface area contributed by atoms with Crippen LogP contribution in [0.15, 0.2) is 57.5 Å². The fourth-order valence-electron chi connectivity index (χ4n) is 3.90. The Balaban J connectivity index is 1.51. The molecule has 2 bridgehead atoms. The number of ether oxygens (including phenoxy) is 2. The topological polar surface area (TPSA) is 38.8 Å². The normalized spacial score (nSPS) is 24.0. The highest BCUT2D eigenvalue weighted by Crippen LogP contribution is 2.32. The third-order valence-electron chi connectivity index (χ3n) is 5.40. The molecule has 3 saturated heterocycles. The SMILES string of the molecule is O=C(OC(c1ccc(Br)cc1)c1ccc(Br)cc1)O[C@H]1CN2CCC1CC2. The largest absolute Gasteiger partial charge is 0.509 e. The van der Waals surface area contributed by atoms with Gasteiger partial charge in [0.15, 0.2) is 6.10 Å². The maximum atomic E-state index is 12.6. The van der Waals surface area contributed by atoms with E-state index in [0.717, 1.165) is 52.5 Å². The van der Waals surface area contributed by atoms with Gasteiger partial charge in [-0.2, -0.15) is 0 Å². The number of halogens is 2. The molecule has 3 aliphatic heterocycles. The van der Waals surface area contributed by atoms with Gasteiger partial charge in [-0.25, -0.2) is 4.79 Å². The number of hydrogen-bond donors (Lipinski definition) is 0. The summed E-state index contributed by atoms with van der Waals surface area (Å²) in [6.07, 6.45) is 1.04. The molecule has 0 spiro atoms. The van der Waals surface area contributed by atoms with Crippen molar-refractivity contribution < 1.29 is 14.3 Å². The monoisotopic (exact) mass is 493 g/mol. The smallest absolute Gasteiger partial charge is 0.429 e. The first-order valence-electron chi connectivity index (χ1n) is 9.19. The van der Waals surface area contributed by atoms with Crippen molar-refractivity contribution >= 4 is 38.0 Å². The highest BCUT2D eigenvalue weighted by atomic mass is 79.9. The summed E-state index contributed by atoms with van der Waals surface area (Å²) in [6, 6.07) is 15.6. The van der Waals surface area contributed by atoms with E-state index in [9.17, 15) is 4.79 Å². The Morgan fingerprint density at radius 2 is 1.44 bits per heavy atom. The lowest BCUT2D eigenvalue weighted by atomic mass is 9.86. The number of benzene rings is 2. The van der Waals surface area contributed by atoms with Crippen LogP contribution in [0.1, 0.15) is 30.1 Å². The van der Waals surface area contributed by atoms with Crippen LogP contribution in [0.5, 0.6) is 0 Å². The minimum absolute atomic E-state index is 0.0597. The average Bonchev–Trinajstić information content (AvgIpc) is 2.69. The van der Waals surface area contributed by atoms with E-state index < -0.39 is 12.3 Å². The molecule has 1 atom stereocenters. The summed E-state index contributed by atoms with van der Waals surface area (Å²) in [4.78, 5) is 15.0. The number of rotatable bonds is 4. The molecule has 142 valence electrons. The van der Waals surface area contributed by atoms with Crippen LogP contribution >= 0.6 is 31.9 Å². The predicted molar refractivity (Wildman–Crippen MR) is 111 cm³/mol. The highest BCUT2D eigenvalue weighted by Gasteiger charge is 2.37. The summed E-state index contributed by atoms with van der Waals surface area (Å²) >= 11 is 6.90. The molecule has 0 saturated carbocycles. The summed E-state index contributed by atoms with van der Waals surface area (Å²) in [7, 11) is 0. The van der Waals surface area contributed by atoms with E-state index in [2.05, 4.69) is 36.8 Å². The Bertz CT molecular complexity index is 741. The molecule has 3 fully saturated rings. The van der Waals surface area contributed by atoms with Crippen molar-refractivity contribution in [3.05, 3.63) is 68.6 Å². The van der Waals surface area contributed by atoms with Crippen molar-refractivity contribution in [3.63, 3.8) is 0 Å². The van der Waals surface area contributed by atoms with Crippen LogP contribution in [0, 0.1) is 5.92 Å². The molecule has 0 aliphatic carbocycles. The fraction of sp³-hybridized carbons (Fsp3) is 0.381. The van der Waals surface area contributed by atoms with Gasteiger partial charge in [-0.15, -0.1) is 0 Å². The Labute approximate surface area is 176 Å². The van der Waals surface area contributed by atoms with Gasteiger partial charge in [-0.1, -0.05) is 56.1 Å². The number of nitrogens with zero attached hydrogens (tertiary/aromatic N) is 1. The minimum Gasteiger partial charge on any atom is -0.429 e. The molecule has 2 aromatic rings. The van der Waals surface area contributed by atoms with Crippen molar-refractivity contribution in [2.45, 2.75) is 25.0 Å². The predicted octanol–water partition coefficient (Wildman–Crippen LogP) is 5.55.